The van der Waals surface area contributed by atoms with Gasteiger partial charge in [-0.05, 0) is 37.8 Å². The van der Waals surface area contributed by atoms with Gasteiger partial charge >= 0.3 is 0 Å². The Bertz CT molecular complexity index is 757. The van der Waals surface area contributed by atoms with Crippen LogP contribution in [0.15, 0.2) is 42.7 Å². The smallest absolute Gasteiger partial charge is 0.224 e. The summed E-state index contributed by atoms with van der Waals surface area (Å²) in [6.45, 7) is 4.89. The molecule has 1 N–H and O–H groups in total. The van der Waals surface area contributed by atoms with Crippen LogP contribution in [0.3, 0.4) is 0 Å². The molecule has 144 valence electrons. The van der Waals surface area contributed by atoms with Crippen LogP contribution in [0.4, 0.5) is 0 Å². The monoisotopic (exact) mass is 366 g/mol. The molecule has 2 fully saturated rings. The fourth-order valence-corrected chi connectivity index (χ4v) is 4.90. The number of hydrogen-bond acceptors (Lipinski definition) is 3. The van der Waals surface area contributed by atoms with Crippen LogP contribution >= 0.6 is 0 Å². The molecule has 0 aliphatic carbocycles. The third-order valence-corrected chi connectivity index (χ3v) is 6.20. The lowest BCUT2D eigenvalue weighted by Gasteiger charge is -2.24. The molecule has 0 radical (unpaired) electrons. The number of aryl methyl sites for hydroxylation is 2. The Hall–Kier alpha value is -2.14. The van der Waals surface area contributed by atoms with Crippen LogP contribution in [0.5, 0.6) is 0 Å². The van der Waals surface area contributed by atoms with Crippen LogP contribution < -0.4 is 5.32 Å². The summed E-state index contributed by atoms with van der Waals surface area (Å²) in [6, 6.07) is 11.5. The fraction of sp³-hybridized carbons (Fsp3) is 0.545. The number of carbonyl (C=O) groups excluding carboxylic acids is 1. The highest BCUT2D eigenvalue weighted by molar-refractivity contribution is 5.80. The standard InChI is InChI=1S/C22H30N4O/c1-2-21-23-12-15-25(21)13-7-11-24-22(27)18-16-20(17-8-4-3-5-9-17)26-14-6-10-19(18)26/h3-5,8-9,12,15,18-20H,2,6-7,10-11,13-14,16H2,1H3,(H,24,27)/t18-,19+,20-/m0/s1. The minimum Gasteiger partial charge on any atom is -0.356 e. The van der Waals surface area contributed by atoms with Crippen LogP contribution in [0.1, 0.15) is 50.0 Å². The molecule has 2 aromatic rings. The third-order valence-electron chi connectivity index (χ3n) is 6.20. The van der Waals surface area contributed by atoms with Gasteiger partial charge in [0.1, 0.15) is 5.82 Å². The lowest BCUT2D eigenvalue weighted by molar-refractivity contribution is -0.125. The molecule has 5 nitrogen and oxygen atoms in total. The van der Waals surface area contributed by atoms with Crippen molar-refractivity contribution in [3.05, 3.63) is 54.1 Å². The van der Waals surface area contributed by atoms with Gasteiger partial charge in [-0.2, -0.15) is 0 Å². The predicted octanol–water partition coefficient (Wildman–Crippen LogP) is 3.18. The highest BCUT2D eigenvalue weighted by atomic mass is 16.2. The molecule has 2 saturated heterocycles. The van der Waals surface area contributed by atoms with Crippen LogP contribution in [-0.4, -0.2) is 39.5 Å². The molecule has 2 aliphatic heterocycles. The molecule has 3 heterocycles. The summed E-state index contributed by atoms with van der Waals surface area (Å²) >= 11 is 0. The van der Waals surface area contributed by atoms with Crippen LogP contribution in [0.2, 0.25) is 0 Å². The van der Waals surface area contributed by atoms with Crippen molar-refractivity contribution in [3.63, 3.8) is 0 Å². The van der Waals surface area contributed by atoms with Gasteiger partial charge in [0.05, 0.1) is 5.92 Å². The Morgan fingerprint density at radius 3 is 2.96 bits per heavy atom. The molecule has 4 rings (SSSR count). The zero-order chi connectivity index (χ0) is 18.6. The Labute approximate surface area is 161 Å². The summed E-state index contributed by atoms with van der Waals surface area (Å²) in [5.41, 5.74) is 1.35. The predicted molar refractivity (Wildman–Crippen MR) is 106 cm³/mol. The van der Waals surface area contributed by atoms with Gasteiger partial charge in [-0.1, -0.05) is 37.3 Å². The maximum Gasteiger partial charge on any atom is 0.224 e. The molecule has 0 saturated carbocycles. The first kappa shape index (κ1) is 18.2. The number of aromatic nitrogens is 2. The zero-order valence-electron chi connectivity index (χ0n) is 16.2. The van der Waals surface area contributed by atoms with Crippen molar-refractivity contribution in [2.24, 2.45) is 5.92 Å². The number of amides is 1. The topological polar surface area (TPSA) is 50.2 Å². The van der Waals surface area contributed by atoms with E-state index in [0.29, 0.717) is 12.1 Å². The van der Waals surface area contributed by atoms with Crippen molar-refractivity contribution in [1.29, 1.82) is 0 Å². The molecular formula is C22H30N4O. The van der Waals surface area contributed by atoms with Gasteiger partial charge < -0.3 is 9.88 Å². The lowest BCUT2D eigenvalue weighted by Crippen LogP contribution is -2.38. The quantitative estimate of drug-likeness (QED) is 0.766. The Balaban J connectivity index is 1.32. The van der Waals surface area contributed by atoms with Gasteiger partial charge in [0.2, 0.25) is 5.91 Å². The molecule has 2 aliphatic rings. The number of imidazole rings is 1. The molecule has 27 heavy (non-hydrogen) atoms. The first-order valence-electron chi connectivity index (χ1n) is 10.4. The van der Waals surface area contributed by atoms with Crippen molar-refractivity contribution in [3.8, 4) is 0 Å². The number of benzene rings is 1. The lowest BCUT2D eigenvalue weighted by atomic mass is 9.93. The number of fused-ring (bicyclic) bond motifs is 1. The van der Waals surface area contributed by atoms with E-state index in [9.17, 15) is 4.79 Å². The molecular weight excluding hydrogens is 336 g/mol. The largest absolute Gasteiger partial charge is 0.356 e. The van der Waals surface area contributed by atoms with Gasteiger partial charge in [-0.3, -0.25) is 9.69 Å². The summed E-state index contributed by atoms with van der Waals surface area (Å²) in [5.74, 6) is 1.48. The average Bonchev–Trinajstić information content (AvgIpc) is 3.41. The summed E-state index contributed by atoms with van der Waals surface area (Å²) < 4.78 is 2.19. The molecule has 3 atom stereocenters. The molecule has 0 spiro atoms. The fourth-order valence-electron chi connectivity index (χ4n) is 4.90. The average molecular weight is 367 g/mol. The van der Waals surface area contributed by atoms with E-state index in [2.05, 4.69) is 57.0 Å². The van der Waals surface area contributed by atoms with Gasteiger partial charge in [-0.25, -0.2) is 4.98 Å². The third kappa shape index (κ3) is 3.79. The summed E-state index contributed by atoms with van der Waals surface area (Å²) in [6.07, 6.45) is 9.07. The summed E-state index contributed by atoms with van der Waals surface area (Å²) in [4.78, 5) is 19.8. The van der Waals surface area contributed by atoms with E-state index in [1.165, 1.54) is 12.0 Å². The van der Waals surface area contributed by atoms with Crippen LogP contribution in [-0.2, 0) is 17.8 Å². The van der Waals surface area contributed by atoms with Crippen LogP contribution in [0.25, 0.3) is 0 Å². The minimum absolute atomic E-state index is 0.122. The number of nitrogens with one attached hydrogen (secondary N) is 1. The van der Waals surface area contributed by atoms with E-state index in [1.807, 2.05) is 12.4 Å². The SMILES string of the molecule is CCc1nccn1CCCNC(=O)[C@H]1C[C@@H](c2ccccc2)N2CCC[C@H]12. The normalized spacial score (nSPS) is 24.9. The Kier molecular flexibility index (Phi) is 5.58. The minimum atomic E-state index is 0.122. The van der Waals surface area contributed by atoms with E-state index >= 15 is 0 Å². The molecule has 0 unspecified atom stereocenters. The molecule has 1 aromatic carbocycles. The van der Waals surface area contributed by atoms with Crippen molar-refractivity contribution >= 4 is 5.91 Å². The number of carbonyl (C=O) groups is 1. The van der Waals surface area contributed by atoms with E-state index < -0.39 is 0 Å². The number of hydrogen-bond donors (Lipinski definition) is 1. The number of nitrogens with zero attached hydrogens (tertiary/aromatic N) is 3. The van der Waals surface area contributed by atoms with Gasteiger partial charge in [-0.15, -0.1) is 0 Å². The highest BCUT2D eigenvalue weighted by Crippen LogP contribution is 2.44. The van der Waals surface area contributed by atoms with Crippen molar-refractivity contribution < 1.29 is 4.79 Å². The maximum atomic E-state index is 12.9. The van der Waals surface area contributed by atoms with Crippen LogP contribution in [0, 0.1) is 5.92 Å². The van der Waals surface area contributed by atoms with E-state index in [1.54, 1.807) is 0 Å². The van der Waals surface area contributed by atoms with Gasteiger partial charge in [0.25, 0.3) is 0 Å². The second-order valence-electron chi connectivity index (χ2n) is 7.75. The zero-order valence-corrected chi connectivity index (χ0v) is 16.2. The van der Waals surface area contributed by atoms with E-state index in [0.717, 1.165) is 51.1 Å². The first-order valence-corrected chi connectivity index (χ1v) is 10.4. The first-order chi connectivity index (χ1) is 13.3. The summed E-state index contributed by atoms with van der Waals surface area (Å²) in [5, 5.41) is 3.21. The summed E-state index contributed by atoms with van der Waals surface area (Å²) in [7, 11) is 0. The number of rotatable bonds is 7. The second kappa shape index (κ2) is 8.26. The second-order valence-corrected chi connectivity index (χ2v) is 7.75. The van der Waals surface area contributed by atoms with Gasteiger partial charge in [0.15, 0.2) is 0 Å². The van der Waals surface area contributed by atoms with Crippen molar-refractivity contribution in [1.82, 2.24) is 19.8 Å². The van der Waals surface area contributed by atoms with Crippen molar-refractivity contribution in [2.75, 3.05) is 13.1 Å². The Morgan fingerprint density at radius 1 is 1.30 bits per heavy atom. The Morgan fingerprint density at radius 2 is 2.15 bits per heavy atom. The molecule has 0 bridgehead atoms. The maximum absolute atomic E-state index is 12.9. The molecule has 1 aromatic heterocycles. The van der Waals surface area contributed by atoms with E-state index in [4.69, 9.17) is 0 Å². The van der Waals surface area contributed by atoms with Gasteiger partial charge in [0, 0.05) is 44.0 Å². The molecule has 1 amide bonds. The highest BCUT2D eigenvalue weighted by Gasteiger charge is 2.46. The van der Waals surface area contributed by atoms with E-state index in [-0.39, 0.29) is 11.8 Å². The van der Waals surface area contributed by atoms with Crippen molar-refractivity contribution in [2.45, 2.75) is 57.7 Å². The molecule has 5 heteroatoms.